The summed E-state index contributed by atoms with van der Waals surface area (Å²) in [5.41, 5.74) is 0.188. The number of fused-ring (bicyclic) bond motifs is 1. The van der Waals surface area contributed by atoms with Gasteiger partial charge < -0.3 is 9.73 Å². The van der Waals surface area contributed by atoms with Gasteiger partial charge in [-0.15, -0.1) is 11.3 Å². The number of carbonyl (C=O) groups is 1. The summed E-state index contributed by atoms with van der Waals surface area (Å²) in [6, 6.07) is 10.8. The molecule has 0 bridgehead atoms. The van der Waals surface area contributed by atoms with Gasteiger partial charge in [-0.2, -0.15) is 0 Å². The minimum absolute atomic E-state index is 0.0469. The quantitative estimate of drug-likeness (QED) is 0.567. The number of rotatable bonds is 5. The molecule has 3 heterocycles. The van der Waals surface area contributed by atoms with Crippen molar-refractivity contribution in [3.63, 3.8) is 0 Å². The second kappa shape index (κ2) is 9.24. The van der Waals surface area contributed by atoms with Crippen LogP contribution in [0.5, 0.6) is 0 Å². The molecule has 1 aromatic carbocycles. The standard InChI is InChI=1S/C22H23BrN2O3S/c23-15-7-8-19-16(12-15)18(26)13-20(28-19)22(27)24-14-17(21-6-5-11-29-21)25-9-3-1-2-4-10-25/h5-8,11-13,17H,1-4,9-10,14H2,(H,24,27)/t17-/m1/s1. The molecule has 0 unspecified atom stereocenters. The van der Waals surface area contributed by atoms with Crippen molar-refractivity contribution in [2.45, 2.75) is 31.7 Å². The van der Waals surface area contributed by atoms with Gasteiger partial charge >= 0.3 is 0 Å². The SMILES string of the molecule is O=C(NC[C@H](c1cccs1)N1CCCCCC1)c1cc(=O)c2cc(Br)ccc2o1. The molecule has 5 nitrogen and oxygen atoms in total. The number of likely N-dealkylation sites (tertiary alicyclic amines) is 1. The molecular formula is C22H23BrN2O3S. The third-order valence-electron chi connectivity index (χ3n) is 5.32. The van der Waals surface area contributed by atoms with Gasteiger partial charge in [0.2, 0.25) is 0 Å². The smallest absolute Gasteiger partial charge is 0.287 e. The first-order chi connectivity index (χ1) is 14.1. The molecule has 4 rings (SSSR count). The van der Waals surface area contributed by atoms with Crippen molar-refractivity contribution in [2.24, 2.45) is 0 Å². The van der Waals surface area contributed by atoms with Gasteiger partial charge in [0.15, 0.2) is 11.2 Å². The maximum atomic E-state index is 12.8. The van der Waals surface area contributed by atoms with Crippen LogP contribution in [-0.2, 0) is 0 Å². The molecule has 0 aliphatic carbocycles. The van der Waals surface area contributed by atoms with Gasteiger partial charge in [0.25, 0.3) is 5.91 Å². The number of hydrogen-bond acceptors (Lipinski definition) is 5. The van der Waals surface area contributed by atoms with Crippen molar-refractivity contribution in [1.29, 1.82) is 0 Å². The summed E-state index contributed by atoms with van der Waals surface area (Å²) < 4.78 is 6.50. The van der Waals surface area contributed by atoms with Crippen LogP contribution < -0.4 is 10.7 Å². The van der Waals surface area contributed by atoms with Crippen molar-refractivity contribution >= 4 is 44.1 Å². The van der Waals surface area contributed by atoms with E-state index in [2.05, 4.69) is 37.6 Å². The van der Waals surface area contributed by atoms with Gasteiger partial charge in [-0.3, -0.25) is 14.5 Å². The Balaban J connectivity index is 1.52. The molecule has 1 fully saturated rings. The first-order valence-corrected chi connectivity index (χ1v) is 11.6. The fourth-order valence-corrected chi connectivity index (χ4v) is 5.04. The van der Waals surface area contributed by atoms with Crippen LogP contribution in [0.2, 0.25) is 0 Å². The van der Waals surface area contributed by atoms with Crippen LogP contribution >= 0.6 is 27.3 Å². The summed E-state index contributed by atoms with van der Waals surface area (Å²) in [5.74, 6) is -0.311. The van der Waals surface area contributed by atoms with Crippen LogP contribution in [0.1, 0.15) is 47.2 Å². The molecule has 3 aromatic rings. The highest BCUT2D eigenvalue weighted by atomic mass is 79.9. The number of benzene rings is 1. The number of nitrogens with zero attached hydrogens (tertiary/aromatic N) is 1. The largest absolute Gasteiger partial charge is 0.451 e. The van der Waals surface area contributed by atoms with E-state index in [0.717, 1.165) is 17.6 Å². The predicted molar refractivity (Wildman–Crippen MR) is 120 cm³/mol. The topological polar surface area (TPSA) is 62.6 Å². The van der Waals surface area contributed by atoms with E-state index in [0.29, 0.717) is 17.5 Å². The molecule has 1 amide bonds. The van der Waals surface area contributed by atoms with E-state index in [1.807, 2.05) is 6.07 Å². The van der Waals surface area contributed by atoms with Crippen molar-refractivity contribution in [2.75, 3.05) is 19.6 Å². The summed E-state index contributed by atoms with van der Waals surface area (Å²) >= 11 is 5.07. The summed E-state index contributed by atoms with van der Waals surface area (Å²) in [6.07, 6.45) is 4.90. The highest BCUT2D eigenvalue weighted by molar-refractivity contribution is 9.10. The molecule has 29 heavy (non-hydrogen) atoms. The van der Waals surface area contributed by atoms with Gasteiger partial charge in [0.05, 0.1) is 11.4 Å². The minimum atomic E-state index is -0.358. The lowest BCUT2D eigenvalue weighted by Crippen LogP contribution is -2.38. The fourth-order valence-electron chi connectivity index (χ4n) is 3.81. The summed E-state index contributed by atoms with van der Waals surface area (Å²) in [4.78, 5) is 28.9. The minimum Gasteiger partial charge on any atom is -0.451 e. The molecular weight excluding hydrogens is 452 g/mol. The zero-order chi connectivity index (χ0) is 20.2. The van der Waals surface area contributed by atoms with Crippen molar-refractivity contribution in [3.8, 4) is 0 Å². The Kier molecular flexibility index (Phi) is 6.47. The molecule has 1 N–H and O–H groups in total. The number of amides is 1. The van der Waals surface area contributed by atoms with E-state index < -0.39 is 0 Å². The van der Waals surface area contributed by atoms with Crippen LogP contribution in [0.3, 0.4) is 0 Å². The number of hydrogen-bond donors (Lipinski definition) is 1. The van der Waals surface area contributed by atoms with E-state index in [1.165, 1.54) is 36.6 Å². The molecule has 0 radical (unpaired) electrons. The molecule has 1 atom stereocenters. The van der Waals surface area contributed by atoms with Gasteiger partial charge in [0.1, 0.15) is 5.58 Å². The lowest BCUT2D eigenvalue weighted by molar-refractivity contribution is 0.0907. The number of nitrogens with one attached hydrogen (secondary N) is 1. The molecule has 0 saturated carbocycles. The van der Waals surface area contributed by atoms with Crippen molar-refractivity contribution in [1.82, 2.24) is 10.2 Å². The Bertz CT molecular complexity index is 1040. The second-order valence-corrected chi connectivity index (χ2v) is 9.20. The number of carbonyl (C=O) groups excluding carboxylic acids is 1. The molecule has 0 spiro atoms. The fraction of sp³-hybridized carbons (Fsp3) is 0.364. The van der Waals surface area contributed by atoms with Crippen molar-refractivity contribution in [3.05, 3.63) is 67.1 Å². The molecule has 1 aliphatic heterocycles. The van der Waals surface area contributed by atoms with Crippen LogP contribution in [-0.4, -0.2) is 30.4 Å². The normalized spacial score (nSPS) is 16.4. The Hall–Kier alpha value is -1.96. The highest BCUT2D eigenvalue weighted by Crippen LogP contribution is 2.27. The Morgan fingerprint density at radius 1 is 1.17 bits per heavy atom. The van der Waals surface area contributed by atoms with Gasteiger partial charge in [-0.1, -0.05) is 34.8 Å². The van der Waals surface area contributed by atoms with E-state index >= 15 is 0 Å². The predicted octanol–water partition coefficient (Wildman–Crippen LogP) is 4.96. The summed E-state index contributed by atoms with van der Waals surface area (Å²) in [5, 5.41) is 5.52. The van der Waals surface area contributed by atoms with Crippen LogP contribution in [0.15, 0.2) is 55.5 Å². The Morgan fingerprint density at radius 2 is 1.97 bits per heavy atom. The maximum Gasteiger partial charge on any atom is 0.287 e. The van der Waals surface area contributed by atoms with Gasteiger partial charge in [-0.25, -0.2) is 0 Å². The lowest BCUT2D eigenvalue weighted by atomic mass is 10.1. The number of thiophene rings is 1. The third kappa shape index (κ3) is 4.79. The third-order valence-corrected chi connectivity index (χ3v) is 6.79. The second-order valence-electron chi connectivity index (χ2n) is 7.31. The maximum absolute atomic E-state index is 12.8. The van der Waals surface area contributed by atoms with E-state index in [9.17, 15) is 9.59 Å². The average molecular weight is 475 g/mol. The van der Waals surface area contributed by atoms with E-state index in [4.69, 9.17) is 4.42 Å². The Morgan fingerprint density at radius 3 is 2.69 bits per heavy atom. The molecule has 152 valence electrons. The van der Waals surface area contributed by atoms with E-state index in [1.54, 1.807) is 29.5 Å². The molecule has 2 aromatic heterocycles. The zero-order valence-corrected chi connectivity index (χ0v) is 18.4. The highest BCUT2D eigenvalue weighted by Gasteiger charge is 2.24. The first-order valence-electron chi connectivity index (χ1n) is 9.91. The average Bonchev–Trinajstić information content (AvgIpc) is 3.11. The number of halogens is 1. The van der Waals surface area contributed by atoms with Crippen LogP contribution in [0.4, 0.5) is 0 Å². The Labute approximate surface area is 181 Å². The lowest BCUT2D eigenvalue weighted by Gasteiger charge is -2.30. The first kappa shape index (κ1) is 20.3. The summed E-state index contributed by atoms with van der Waals surface area (Å²) in [7, 11) is 0. The monoisotopic (exact) mass is 474 g/mol. The van der Waals surface area contributed by atoms with E-state index in [-0.39, 0.29) is 23.1 Å². The van der Waals surface area contributed by atoms with Gasteiger partial charge in [0, 0.05) is 22.0 Å². The zero-order valence-electron chi connectivity index (χ0n) is 16.0. The van der Waals surface area contributed by atoms with Crippen LogP contribution in [0, 0.1) is 0 Å². The van der Waals surface area contributed by atoms with Crippen molar-refractivity contribution < 1.29 is 9.21 Å². The molecule has 7 heteroatoms. The summed E-state index contributed by atoms with van der Waals surface area (Å²) in [6.45, 7) is 2.57. The molecule has 1 aliphatic rings. The molecule has 1 saturated heterocycles. The van der Waals surface area contributed by atoms with Crippen LogP contribution in [0.25, 0.3) is 11.0 Å². The van der Waals surface area contributed by atoms with Gasteiger partial charge in [-0.05, 0) is 55.6 Å².